The van der Waals surface area contributed by atoms with Gasteiger partial charge in [0, 0.05) is 36.9 Å². The molecule has 0 saturated carbocycles. The van der Waals surface area contributed by atoms with Gasteiger partial charge in [-0.25, -0.2) is 0 Å². The molecule has 5 amide bonds. The Morgan fingerprint density at radius 2 is 1.83 bits per heavy atom. The first-order valence-corrected chi connectivity index (χ1v) is 11.3. The number of anilines is 1. The maximum Gasteiger partial charge on any atom is 0.262 e. The zero-order valence-corrected chi connectivity index (χ0v) is 20.0. The second kappa shape index (κ2) is 12.5. The van der Waals surface area contributed by atoms with Crippen LogP contribution in [0.25, 0.3) is 0 Å². The predicted octanol–water partition coefficient (Wildman–Crippen LogP) is 0.810. The van der Waals surface area contributed by atoms with Gasteiger partial charge in [-0.15, -0.1) is 0 Å². The number of carbonyl (C=O) groups is 5. The highest BCUT2D eigenvalue weighted by molar-refractivity contribution is 6.04. The number of piperidine rings is 1. The van der Waals surface area contributed by atoms with Gasteiger partial charge in [-0.2, -0.15) is 0 Å². The van der Waals surface area contributed by atoms with Gasteiger partial charge in [-0.3, -0.25) is 29.3 Å². The Labute approximate surface area is 207 Å². The van der Waals surface area contributed by atoms with Gasteiger partial charge >= 0.3 is 0 Å². The molecule has 1 aliphatic heterocycles. The lowest BCUT2D eigenvalue weighted by molar-refractivity contribution is -0.134. The van der Waals surface area contributed by atoms with Crippen molar-refractivity contribution >= 4 is 35.2 Å². The predicted molar refractivity (Wildman–Crippen MR) is 129 cm³/mol. The molecule has 0 aromatic heterocycles. The van der Waals surface area contributed by atoms with Crippen molar-refractivity contribution in [2.45, 2.75) is 32.4 Å². The van der Waals surface area contributed by atoms with Crippen molar-refractivity contribution in [3.8, 4) is 5.75 Å². The van der Waals surface area contributed by atoms with Crippen LogP contribution in [0.15, 0.2) is 42.5 Å². The van der Waals surface area contributed by atoms with Crippen LogP contribution >= 0.6 is 0 Å². The van der Waals surface area contributed by atoms with Crippen molar-refractivity contribution in [1.82, 2.24) is 16.0 Å². The molecule has 190 valence electrons. The highest BCUT2D eigenvalue weighted by Crippen LogP contribution is 2.22. The van der Waals surface area contributed by atoms with Crippen LogP contribution in [-0.4, -0.2) is 55.9 Å². The summed E-state index contributed by atoms with van der Waals surface area (Å²) in [5, 5.41) is 10.3. The number of hydrogen-bond acceptors (Lipinski definition) is 7. The summed E-state index contributed by atoms with van der Waals surface area (Å²) in [6.45, 7) is 1.63. The van der Waals surface area contributed by atoms with E-state index in [2.05, 4.69) is 21.3 Å². The number of methoxy groups -OCH3 is 1. The molecule has 1 atom stereocenters. The molecule has 0 spiro atoms. The molecule has 1 heterocycles. The molecule has 1 unspecified atom stereocenters. The van der Waals surface area contributed by atoms with E-state index in [1.165, 1.54) is 7.11 Å². The Balaban J connectivity index is 1.55. The molecule has 0 radical (unpaired) electrons. The molecule has 1 saturated heterocycles. The van der Waals surface area contributed by atoms with Gasteiger partial charge in [-0.05, 0) is 43.2 Å². The summed E-state index contributed by atoms with van der Waals surface area (Å²) in [6, 6.07) is 11.0. The number of nitrogens with one attached hydrogen (secondary N) is 4. The fourth-order valence-electron chi connectivity index (χ4n) is 3.57. The molecule has 0 bridgehead atoms. The Bertz CT molecular complexity index is 1160. The van der Waals surface area contributed by atoms with Crippen LogP contribution in [0.1, 0.15) is 34.3 Å². The zero-order valence-electron chi connectivity index (χ0n) is 20.0. The lowest BCUT2D eigenvalue weighted by Crippen LogP contribution is -2.52. The lowest BCUT2D eigenvalue weighted by atomic mass is 10.0. The van der Waals surface area contributed by atoms with Crippen molar-refractivity contribution in [1.29, 1.82) is 0 Å². The third kappa shape index (κ3) is 7.37. The second-order valence-corrected chi connectivity index (χ2v) is 8.15. The molecule has 0 aliphatic carbocycles. The molecule has 1 aliphatic rings. The molecule has 4 N–H and O–H groups in total. The average Bonchev–Trinajstić information content (AvgIpc) is 2.84. The monoisotopic (exact) mass is 496 g/mol. The summed E-state index contributed by atoms with van der Waals surface area (Å²) >= 11 is 0. The Hall–Kier alpha value is -4.25. The third-order valence-electron chi connectivity index (χ3n) is 5.41. The normalized spacial score (nSPS) is 15.0. The topological polar surface area (TPSA) is 152 Å². The van der Waals surface area contributed by atoms with Gasteiger partial charge in [0.15, 0.2) is 6.61 Å². The van der Waals surface area contributed by atoms with Crippen LogP contribution in [0.4, 0.5) is 5.69 Å². The minimum atomic E-state index is -0.797. The maximum atomic E-state index is 12.7. The van der Waals surface area contributed by atoms with Crippen molar-refractivity contribution in [2.75, 3.05) is 25.6 Å². The second-order valence-electron chi connectivity index (χ2n) is 8.15. The highest BCUT2D eigenvalue weighted by atomic mass is 16.5. The summed E-state index contributed by atoms with van der Waals surface area (Å²) in [7, 11) is 1.44. The quantitative estimate of drug-likeness (QED) is 0.355. The number of benzene rings is 2. The van der Waals surface area contributed by atoms with E-state index in [9.17, 15) is 24.0 Å². The summed E-state index contributed by atoms with van der Waals surface area (Å²) in [5.74, 6) is -1.70. The van der Waals surface area contributed by atoms with Gasteiger partial charge < -0.3 is 25.4 Å². The SMILES string of the molecule is COCC(=O)NCc1cccc(NC(=O)COc2cccc(C(=O)NC3CCC(=O)NC3=O)c2C)c1. The van der Waals surface area contributed by atoms with Crippen LogP contribution in [0.3, 0.4) is 0 Å². The first-order valence-electron chi connectivity index (χ1n) is 11.3. The molecule has 2 aromatic rings. The first kappa shape index (κ1) is 26.4. The molecule has 11 nitrogen and oxygen atoms in total. The highest BCUT2D eigenvalue weighted by Gasteiger charge is 2.28. The maximum absolute atomic E-state index is 12.7. The number of carbonyl (C=O) groups excluding carboxylic acids is 5. The summed E-state index contributed by atoms with van der Waals surface area (Å²) < 4.78 is 10.4. The standard InChI is InChI=1S/C25H28N4O7/c1-15-18(24(33)28-19-9-10-21(30)29-25(19)34)7-4-8-20(15)36-14-23(32)27-17-6-3-5-16(11-17)12-26-22(31)13-35-2/h3-8,11,19H,9-10,12-14H2,1-2H3,(H,26,31)(H,27,32)(H,28,33)(H,29,30,34). The van der Waals surface area contributed by atoms with Gasteiger partial charge in [0.05, 0.1) is 0 Å². The van der Waals surface area contributed by atoms with E-state index in [1.807, 2.05) is 6.07 Å². The fraction of sp³-hybridized carbons (Fsp3) is 0.320. The van der Waals surface area contributed by atoms with E-state index >= 15 is 0 Å². The van der Waals surface area contributed by atoms with Crippen LogP contribution in [0.5, 0.6) is 5.75 Å². The van der Waals surface area contributed by atoms with Gasteiger partial charge in [0.1, 0.15) is 18.4 Å². The summed E-state index contributed by atoms with van der Waals surface area (Å²) in [4.78, 5) is 59.9. The van der Waals surface area contributed by atoms with Crippen molar-refractivity contribution in [3.63, 3.8) is 0 Å². The van der Waals surface area contributed by atoms with E-state index < -0.39 is 23.8 Å². The minimum absolute atomic E-state index is 0.0348. The number of ether oxygens (including phenoxy) is 2. The Morgan fingerprint density at radius 3 is 2.58 bits per heavy atom. The Kier molecular flexibility index (Phi) is 9.12. The van der Waals surface area contributed by atoms with Crippen molar-refractivity contribution in [3.05, 3.63) is 59.2 Å². The average molecular weight is 497 g/mol. The van der Waals surface area contributed by atoms with E-state index in [1.54, 1.807) is 43.3 Å². The van der Waals surface area contributed by atoms with Crippen LogP contribution < -0.4 is 26.0 Å². The first-order chi connectivity index (χ1) is 17.3. The molecule has 2 aromatic carbocycles. The van der Waals surface area contributed by atoms with Crippen LogP contribution in [-0.2, 0) is 30.5 Å². The molecule has 1 fully saturated rings. The lowest BCUT2D eigenvalue weighted by Gasteiger charge is -2.22. The number of rotatable bonds is 10. The Morgan fingerprint density at radius 1 is 1.06 bits per heavy atom. The minimum Gasteiger partial charge on any atom is -0.483 e. The smallest absolute Gasteiger partial charge is 0.262 e. The molecule has 36 heavy (non-hydrogen) atoms. The van der Waals surface area contributed by atoms with Gasteiger partial charge in [0.25, 0.3) is 11.8 Å². The molecule has 3 rings (SSSR count). The number of imide groups is 1. The largest absolute Gasteiger partial charge is 0.483 e. The zero-order chi connectivity index (χ0) is 26.1. The van der Waals surface area contributed by atoms with E-state index in [0.717, 1.165) is 5.56 Å². The van der Waals surface area contributed by atoms with E-state index in [0.29, 0.717) is 22.6 Å². The van der Waals surface area contributed by atoms with E-state index in [4.69, 9.17) is 9.47 Å². The van der Waals surface area contributed by atoms with Crippen molar-refractivity contribution in [2.24, 2.45) is 0 Å². The summed E-state index contributed by atoms with van der Waals surface area (Å²) in [5.41, 5.74) is 2.13. The van der Waals surface area contributed by atoms with E-state index in [-0.39, 0.29) is 44.4 Å². The van der Waals surface area contributed by atoms with Crippen molar-refractivity contribution < 1.29 is 33.4 Å². The molecular formula is C25H28N4O7. The third-order valence-corrected chi connectivity index (χ3v) is 5.41. The number of hydrogen-bond donors (Lipinski definition) is 4. The van der Waals surface area contributed by atoms with Crippen LogP contribution in [0, 0.1) is 6.92 Å². The molecule has 11 heteroatoms. The van der Waals surface area contributed by atoms with Gasteiger partial charge in [-0.1, -0.05) is 18.2 Å². The fourth-order valence-corrected chi connectivity index (χ4v) is 3.57. The number of amides is 5. The van der Waals surface area contributed by atoms with Crippen LogP contribution in [0.2, 0.25) is 0 Å². The van der Waals surface area contributed by atoms with Gasteiger partial charge in [0.2, 0.25) is 17.7 Å². The summed E-state index contributed by atoms with van der Waals surface area (Å²) in [6.07, 6.45) is 0.381. The molecular weight excluding hydrogens is 468 g/mol.